The maximum Gasteiger partial charge on any atom is 0.238 e. The fourth-order valence-corrected chi connectivity index (χ4v) is 2.45. The summed E-state index contributed by atoms with van der Waals surface area (Å²) in [7, 11) is 0. The van der Waals surface area contributed by atoms with Gasteiger partial charge in [0.05, 0.1) is 17.9 Å². The second-order valence-corrected chi connectivity index (χ2v) is 6.03. The van der Waals surface area contributed by atoms with E-state index < -0.39 is 0 Å². The topological polar surface area (TPSA) is 83.1 Å². The highest BCUT2D eigenvalue weighted by Crippen LogP contribution is 2.20. The first-order valence-electron chi connectivity index (χ1n) is 8.26. The number of nitrogens with one attached hydrogen (secondary N) is 3. The monoisotopic (exact) mass is 340 g/mol. The van der Waals surface area contributed by atoms with Gasteiger partial charge in [-0.1, -0.05) is 18.2 Å². The Balaban J connectivity index is 1.87. The molecule has 1 aromatic carbocycles. The molecule has 0 radical (unpaired) electrons. The van der Waals surface area contributed by atoms with Crippen LogP contribution < -0.4 is 16.0 Å². The number of benzene rings is 1. The van der Waals surface area contributed by atoms with E-state index in [1.165, 1.54) is 6.92 Å². The van der Waals surface area contributed by atoms with E-state index in [1.807, 2.05) is 26.0 Å². The van der Waals surface area contributed by atoms with Crippen LogP contribution in [0.4, 0.5) is 11.4 Å². The van der Waals surface area contributed by atoms with E-state index in [-0.39, 0.29) is 24.4 Å². The number of carbonyl (C=O) groups excluding carboxylic acids is 2. The number of para-hydroxylation sites is 2. The van der Waals surface area contributed by atoms with Crippen LogP contribution >= 0.6 is 0 Å². The van der Waals surface area contributed by atoms with E-state index in [4.69, 9.17) is 0 Å². The van der Waals surface area contributed by atoms with Crippen molar-refractivity contribution in [2.24, 2.45) is 0 Å². The molecule has 3 N–H and O–H groups in total. The second-order valence-electron chi connectivity index (χ2n) is 6.03. The van der Waals surface area contributed by atoms with Gasteiger partial charge in [0.15, 0.2) is 0 Å². The molecule has 2 amide bonds. The number of hydrogen-bond acceptors (Lipinski definition) is 4. The molecule has 0 spiro atoms. The van der Waals surface area contributed by atoms with E-state index in [9.17, 15) is 9.59 Å². The van der Waals surface area contributed by atoms with Crippen LogP contribution in [-0.4, -0.2) is 29.4 Å². The van der Waals surface area contributed by atoms with Gasteiger partial charge in [-0.25, -0.2) is 0 Å². The summed E-state index contributed by atoms with van der Waals surface area (Å²) in [6, 6.07) is 11.2. The molecule has 0 fully saturated rings. The molecule has 0 saturated heterocycles. The molecule has 6 heteroatoms. The number of rotatable bonds is 7. The lowest BCUT2D eigenvalue weighted by atomic mass is 10.1. The summed E-state index contributed by atoms with van der Waals surface area (Å²) in [5.74, 6) is -0.346. The van der Waals surface area contributed by atoms with Gasteiger partial charge in [0.1, 0.15) is 0 Å². The Morgan fingerprint density at radius 1 is 1.08 bits per heavy atom. The first kappa shape index (κ1) is 18.6. The predicted octanol–water partition coefficient (Wildman–Crippen LogP) is 2.51. The van der Waals surface area contributed by atoms with E-state index >= 15 is 0 Å². The van der Waals surface area contributed by atoms with Gasteiger partial charge in [0.25, 0.3) is 0 Å². The number of nitrogens with zero attached hydrogens (tertiary/aromatic N) is 1. The maximum absolute atomic E-state index is 12.2. The molecule has 1 aromatic heterocycles. The number of aromatic nitrogens is 1. The Labute approximate surface area is 148 Å². The predicted molar refractivity (Wildman–Crippen MR) is 99.5 cm³/mol. The third kappa shape index (κ3) is 6.00. The number of carbonyl (C=O) groups is 2. The first-order valence-corrected chi connectivity index (χ1v) is 8.26. The summed E-state index contributed by atoms with van der Waals surface area (Å²) in [4.78, 5) is 27.8. The number of amides is 2. The van der Waals surface area contributed by atoms with Gasteiger partial charge in [-0.2, -0.15) is 0 Å². The number of anilines is 2. The lowest BCUT2D eigenvalue weighted by molar-refractivity contribution is -0.116. The van der Waals surface area contributed by atoms with Crippen molar-refractivity contribution in [3.05, 3.63) is 53.9 Å². The largest absolute Gasteiger partial charge is 0.325 e. The minimum absolute atomic E-state index is 0.116. The van der Waals surface area contributed by atoms with Crippen molar-refractivity contribution in [2.75, 3.05) is 17.2 Å². The zero-order valence-electron chi connectivity index (χ0n) is 14.8. The van der Waals surface area contributed by atoms with Gasteiger partial charge < -0.3 is 16.0 Å². The van der Waals surface area contributed by atoms with Gasteiger partial charge in [0, 0.05) is 31.3 Å². The Bertz CT molecular complexity index is 746. The van der Waals surface area contributed by atoms with Crippen LogP contribution in [0.3, 0.4) is 0 Å². The van der Waals surface area contributed by atoms with Crippen LogP contribution in [0.15, 0.2) is 42.6 Å². The molecule has 0 aliphatic carbocycles. The SMILES string of the molecule is CC(=O)Nc1ccccc1NC(=O)CN[C@@H](C)Cc1ncccc1C. The summed E-state index contributed by atoms with van der Waals surface area (Å²) in [6.07, 6.45) is 2.53. The highest BCUT2D eigenvalue weighted by molar-refractivity contribution is 5.99. The van der Waals surface area contributed by atoms with Crippen molar-refractivity contribution >= 4 is 23.2 Å². The summed E-state index contributed by atoms with van der Waals surface area (Å²) in [6.45, 7) is 5.66. The highest BCUT2D eigenvalue weighted by Gasteiger charge is 2.10. The summed E-state index contributed by atoms with van der Waals surface area (Å²) in [5.41, 5.74) is 3.34. The third-order valence-corrected chi connectivity index (χ3v) is 3.74. The standard InChI is InChI=1S/C19H24N4O2/c1-13-7-6-10-20-18(13)11-14(2)21-12-19(25)23-17-9-5-4-8-16(17)22-15(3)24/h4-10,14,21H,11-12H2,1-3H3,(H,22,24)(H,23,25)/t14-/m0/s1. The third-order valence-electron chi connectivity index (χ3n) is 3.74. The molecule has 0 aliphatic rings. The molecule has 2 aromatic rings. The number of hydrogen-bond donors (Lipinski definition) is 3. The Morgan fingerprint density at radius 3 is 2.40 bits per heavy atom. The summed E-state index contributed by atoms with van der Waals surface area (Å²) < 4.78 is 0. The van der Waals surface area contributed by atoms with E-state index in [2.05, 4.69) is 20.9 Å². The molecule has 0 aliphatic heterocycles. The Morgan fingerprint density at radius 2 is 1.76 bits per heavy atom. The van der Waals surface area contributed by atoms with Gasteiger partial charge in [-0.15, -0.1) is 0 Å². The molecule has 2 rings (SSSR count). The quantitative estimate of drug-likeness (QED) is 0.723. The lowest BCUT2D eigenvalue weighted by Gasteiger charge is -2.15. The van der Waals surface area contributed by atoms with Gasteiger partial charge in [-0.3, -0.25) is 14.6 Å². The van der Waals surface area contributed by atoms with Gasteiger partial charge in [-0.05, 0) is 37.6 Å². The molecule has 6 nitrogen and oxygen atoms in total. The molecular formula is C19H24N4O2. The first-order chi connectivity index (χ1) is 12.0. The molecule has 132 valence electrons. The maximum atomic E-state index is 12.2. The van der Waals surface area contributed by atoms with Crippen LogP contribution in [0.1, 0.15) is 25.1 Å². The van der Waals surface area contributed by atoms with E-state index in [0.717, 1.165) is 17.7 Å². The Kier molecular flexibility index (Phi) is 6.65. The molecule has 25 heavy (non-hydrogen) atoms. The smallest absolute Gasteiger partial charge is 0.238 e. The normalized spacial score (nSPS) is 11.6. The van der Waals surface area contributed by atoms with Gasteiger partial charge in [0.2, 0.25) is 11.8 Å². The lowest BCUT2D eigenvalue weighted by Crippen LogP contribution is -2.36. The van der Waals surface area contributed by atoms with Crippen molar-refractivity contribution in [3.63, 3.8) is 0 Å². The molecule has 1 atom stereocenters. The van der Waals surface area contributed by atoms with Crippen molar-refractivity contribution in [3.8, 4) is 0 Å². The van der Waals surface area contributed by atoms with E-state index in [0.29, 0.717) is 11.4 Å². The van der Waals surface area contributed by atoms with Crippen LogP contribution in [0.2, 0.25) is 0 Å². The molecule has 0 unspecified atom stereocenters. The van der Waals surface area contributed by atoms with Crippen LogP contribution in [0.25, 0.3) is 0 Å². The van der Waals surface area contributed by atoms with Crippen LogP contribution in [-0.2, 0) is 16.0 Å². The average molecular weight is 340 g/mol. The molecular weight excluding hydrogens is 316 g/mol. The highest BCUT2D eigenvalue weighted by atomic mass is 16.2. The van der Waals surface area contributed by atoms with E-state index in [1.54, 1.807) is 30.5 Å². The summed E-state index contributed by atoms with van der Waals surface area (Å²) >= 11 is 0. The zero-order chi connectivity index (χ0) is 18.2. The average Bonchev–Trinajstić information content (AvgIpc) is 2.56. The molecule has 0 saturated carbocycles. The number of aryl methyl sites for hydroxylation is 1. The molecule has 1 heterocycles. The second kappa shape index (κ2) is 8.94. The van der Waals surface area contributed by atoms with Crippen molar-refractivity contribution in [1.82, 2.24) is 10.3 Å². The van der Waals surface area contributed by atoms with Crippen LogP contribution in [0.5, 0.6) is 0 Å². The van der Waals surface area contributed by atoms with Crippen molar-refractivity contribution in [2.45, 2.75) is 33.2 Å². The fraction of sp³-hybridized carbons (Fsp3) is 0.316. The minimum Gasteiger partial charge on any atom is -0.325 e. The molecule has 0 bridgehead atoms. The number of pyridine rings is 1. The zero-order valence-corrected chi connectivity index (χ0v) is 14.8. The Hall–Kier alpha value is -2.73. The minimum atomic E-state index is -0.181. The fourth-order valence-electron chi connectivity index (χ4n) is 2.45. The van der Waals surface area contributed by atoms with Crippen molar-refractivity contribution in [1.29, 1.82) is 0 Å². The van der Waals surface area contributed by atoms with Crippen LogP contribution in [0, 0.1) is 6.92 Å². The summed E-state index contributed by atoms with van der Waals surface area (Å²) in [5, 5.41) is 8.71. The van der Waals surface area contributed by atoms with Crippen molar-refractivity contribution < 1.29 is 9.59 Å². The van der Waals surface area contributed by atoms with Gasteiger partial charge >= 0.3 is 0 Å².